The molecule has 0 fully saturated rings. The second-order valence-electron chi connectivity index (χ2n) is 6.98. The van der Waals surface area contributed by atoms with Crippen LogP contribution in [0.5, 0.6) is 34.5 Å². The van der Waals surface area contributed by atoms with Crippen molar-refractivity contribution in [3.05, 3.63) is 46.5 Å². The molecule has 0 spiro atoms. The normalized spacial score (nSPS) is 14.7. The minimum absolute atomic E-state index is 0.231. The molecule has 6 nitrogen and oxygen atoms in total. The van der Waals surface area contributed by atoms with E-state index in [0.29, 0.717) is 23.0 Å². The van der Waals surface area contributed by atoms with Gasteiger partial charge in [0.25, 0.3) is 0 Å². The Bertz CT molecular complexity index is 856. The lowest BCUT2D eigenvalue weighted by Crippen LogP contribution is -1.97. The van der Waals surface area contributed by atoms with Crippen molar-refractivity contribution in [3.63, 3.8) is 0 Å². The van der Waals surface area contributed by atoms with Gasteiger partial charge in [0.2, 0.25) is 25.1 Å². The zero-order valence-electron chi connectivity index (χ0n) is 16.6. The van der Waals surface area contributed by atoms with Crippen molar-refractivity contribution in [3.8, 4) is 34.5 Å². The number of hydrogen-bond acceptors (Lipinski definition) is 6. The summed E-state index contributed by atoms with van der Waals surface area (Å²) in [5.74, 6) is 4.24. The standard InChI is InChI=1S/C22H24O6/c1-13(5-15-7-17(23-3)21-19(9-15)25-11-27-21)14(2)6-16-8-18(24-4)22-20(10-16)26-12-28-22/h7-10H,5-6,11-12H2,1-4H3/b14-13+. The van der Waals surface area contributed by atoms with Crippen molar-refractivity contribution in [1.82, 2.24) is 0 Å². The molecule has 0 bridgehead atoms. The molecule has 28 heavy (non-hydrogen) atoms. The highest BCUT2D eigenvalue weighted by Crippen LogP contribution is 2.43. The third-order valence-corrected chi connectivity index (χ3v) is 5.10. The maximum Gasteiger partial charge on any atom is 0.231 e. The number of rotatable bonds is 6. The Labute approximate surface area is 164 Å². The van der Waals surface area contributed by atoms with E-state index in [1.165, 1.54) is 11.1 Å². The molecule has 0 saturated heterocycles. The Morgan fingerprint density at radius 1 is 0.714 bits per heavy atom. The number of ether oxygens (including phenoxy) is 6. The molecule has 0 unspecified atom stereocenters. The van der Waals surface area contributed by atoms with Crippen molar-refractivity contribution < 1.29 is 28.4 Å². The lowest BCUT2D eigenvalue weighted by atomic mass is 9.96. The van der Waals surface area contributed by atoms with E-state index in [4.69, 9.17) is 28.4 Å². The molecule has 0 aromatic heterocycles. The van der Waals surface area contributed by atoms with E-state index in [1.54, 1.807) is 14.2 Å². The summed E-state index contributed by atoms with van der Waals surface area (Å²) < 4.78 is 32.9. The van der Waals surface area contributed by atoms with Gasteiger partial charge in [0.15, 0.2) is 23.0 Å². The van der Waals surface area contributed by atoms with Gasteiger partial charge in [-0.3, -0.25) is 0 Å². The van der Waals surface area contributed by atoms with Crippen LogP contribution in [0.1, 0.15) is 25.0 Å². The van der Waals surface area contributed by atoms with Crippen LogP contribution in [0, 0.1) is 0 Å². The van der Waals surface area contributed by atoms with Gasteiger partial charge in [0.1, 0.15) is 0 Å². The fourth-order valence-corrected chi connectivity index (χ4v) is 3.49. The van der Waals surface area contributed by atoms with Crippen LogP contribution >= 0.6 is 0 Å². The molecule has 2 aromatic carbocycles. The van der Waals surface area contributed by atoms with E-state index >= 15 is 0 Å². The molecule has 6 heteroatoms. The third-order valence-electron chi connectivity index (χ3n) is 5.10. The highest BCUT2D eigenvalue weighted by atomic mass is 16.7. The Morgan fingerprint density at radius 2 is 1.14 bits per heavy atom. The summed E-state index contributed by atoms with van der Waals surface area (Å²) >= 11 is 0. The first-order chi connectivity index (χ1) is 13.6. The fourth-order valence-electron chi connectivity index (χ4n) is 3.49. The maximum absolute atomic E-state index is 5.53. The van der Waals surface area contributed by atoms with Crippen LogP contribution in [0.4, 0.5) is 0 Å². The van der Waals surface area contributed by atoms with Crippen molar-refractivity contribution in [2.45, 2.75) is 26.7 Å². The number of benzene rings is 2. The largest absolute Gasteiger partial charge is 0.493 e. The van der Waals surface area contributed by atoms with Crippen LogP contribution in [0.2, 0.25) is 0 Å². The lowest BCUT2D eigenvalue weighted by Gasteiger charge is -2.12. The van der Waals surface area contributed by atoms with Crippen LogP contribution in [0.3, 0.4) is 0 Å². The average molecular weight is 384 g/mol. The SMILES string of the molecule is COc1cc(C/C(C)=C(\C)Cc2cc(OC)c3c(c2)OCO3)cc2c1OCO2. The minimum Gasteiger partial charge on any atom is -0.493 e. The van der Waals surface area contributed by atoms with Gasteiger partial charge in [-0.1, -0.05) is 11.1 Å². The van der Waals surface area contributed by atoms with Crippen LogP contribution in [-0.2, 0) is 12.8 Å². The summed E-state index contributed by atoms with van der Waals surface area (Å²) in [7, 11) is 3.28. The fraction of sp³-hybridized carbons (Fsp3) is 0.364. The zero-order chi connectivity index (χ0) is 19.7. The van der Waals surface area contributed by atoms with Crippen LogP contribution in [0.25, 0.3) is 0 Å². The van der Waals surface area contributed by atoms with Crippen LogP contribution in [-0.4, -0.2) is 27.8 Å². The Balaban J connectivity index is 1.55. The Kier molecular flexibility index (Phi) is 4.94. The lowest BCUT2D eigenvalue weighted by molar-refractivity contribution is 0.171. The molecule has 2 aliphatic rings. The molecule has 0 atom stereocenters. The molecular formula is C22H24O6. The molecular weight excluding hydrogens is 360 g/mol. The van der Waals surface area contributed by atoms with Gasteiger partial charge in [-0.05, 0) is 62.1 Å². The number of methoxy groups -OCH3 is 2. The molecule has 0 aliphatic carbocycles. The first kappa shape index (κ1) is 18.3. The minimum atomic E-state index is 0.231. The molecule has 2 heterocycles. The molecule has 2 aliphatic heterocycles. The summed E-state index contributed by atoms with van der Waals surface area (Å²) in [5.41, 5.74) is 4.83. The summed E-state index contributed by atoms with van der Waals surface area (Å²) in [6.45, 7) is 4.76. The second-order valence-corrected chi connectivity index (χ2v) is 6.98. The predicted molar refractivity (Wildman–Crippen MR) is 104 cm³/mol. The first-order valence-corrected chi connectivity index (χ1v) is 9.17. The monoisotopic (exact) mass is 384 g/mol. The van der Waals surface area contributed by atoms with E-state index in [-0.39, 0.29) is 13.6 Å². The zero-order valence-corrected chi connectivity index (χ0v) is 16.6. The molecule has 4 rings (SSSR count). The van der Waals surface area contributed by atoms with Gasteiger partial charge in [-0.2, -0.15) is 0 Å². The van der Waals surface area contributed by atoms with Crippen LogP contribution in [0.15, 0.2) is 35.4 Å². The van der Waals surface area contributed by atoms with Crippen molar-refractivity contribution in [2.24, 2.45) is 0 Å². The van der Waals surface area contributed by atoms with E-state index in [2.05, 4.69) is 13.8 Å². The van der Waals surface area contributed by atoms with Crippen molar-refractivity contribution in [1.29, 1.82) is 0 Å². The number of fused-ring (bicyclic) bond motifs is 2. The Morgan fingerprint density at radius 3 is 1.54 bits per heavy atom. The average Bonchev–Trinajstić information content (AvgIpc) is 3.35. The summed E-state index contributed by atoms with van der Waals surface area (Å²) in [6.07, 6.45) is 1.61. The summed E-state index contributed by atoms with van der Waals surface area (Å²) in [4.78, 5) is 0. The van der Waals surface area contributed by atoms with E-state index < -0.39 is 0 Å². The third kappa shape index (κ3) is 3.42. The molecule has 0 radical (unpaired) electrons. The molecule has 0 saturated carbocycles. The topological polar surface area (TPSA) is 55.4 Å². The van der Waals surface area contributed by atoms with Crippen LogP contribution < -0.4 is 28.4 Å². The van der Waals surface area contributed by atoms with Gasteiger partial charge in [-0.15, -0.1) is 0 Å². The Hall–Kier alpha value is -3.02. The van der Waals surface area contributed by atoms with Gasteiger partial charge < -0.3 is 28.4 Å². The number of hydrogen-bond donors (Lipinski definition) is 0. The summed E-state index contributed by atoms with van der Waals surface area (Å²) in [6, 6.07) is 8.05. The van der Waals surface area contributed by atoms with Gasteiger partial charge in [0.05, 0.1) is 14.2 Å². The van der Waals surface area contributed by atoms with Gasteiger partial charge in [0, 0.05) is 0 Å². The number of allylic oxidation sites excluding steroid dienone is 2. The molecule has 0 amide bonds. The summed E-state index contributed by atoms with van der Waals surface area (Å²) in [5, 5.41) is 0. The van der Waals surface area contributed by atoms with E-state index in [1.807, 2.05) is 24.3 Å². The predicted octanol–water partition coefficient (Wildman–Crippen LogP) is 4.28. The molecule has 148 valence electrons. The van der Waals surface area contributed by atoms with Gasteiger partial charge in [-0.25, -0.2) is 0 Å². The van der Waals surface area contributed by atoms with Gasteiger partial charge >= 0.3 is 0 Å². The maximum atomic E-state index is 5.53. The second kappa shape index (κ2) is 7.54. The van der Waals surface area contributed by atoms with E-state index in [9.17, 15) is 0 Å². The first-order valence-electron chi connectivity index (χ1n) is 9.17. The highest BCUT2D eigenvalue weighted by molar-refractivity contribution is 5.56. The molecule has 2 aromatic rings. The van der Waals surface area contributed by atoms with E-state index in [0.717, 1.165) is 35.5 Å². The quantitative estimate of drug-likeness (QED) is 0.693. The van der Waals surface area contributed by atoms with Crippen molar-refractivity contribution in [2.75, 3.05) is 27.8 Å². The van der Waals surface area contributed by atoms with Crippen molar-refractivity contribution >= 4 is 0 Å². The highest BCUT2D eigenvalue weighted by Gasteiger charge is 2.21. The molecule has 0 N–H and O–H groups in total. The smallest absolute Gasteiger partial charge is 0.231 e.